The molecule has 1 unspecified atom stereocenters. The van der Waals surface area contributed by atoms with Crippen molar-refractivity contribution in [2.24, 2.45) is 5.73 Å². The Morgan fingerprint density at radius 1 is 1.47 bits per heavy atom. The molecule has 0 spiro atoms. The lowest BCUT2D eigenvalue weighted by Crippen LogP contribution is -2.28. The fraction of sp³-hybridized carbons (Fsp3) is 0.417. The van der Waals surface area contributed by atoms with Gasteiger partial charge >= 0.3 is 0 Å². The van der Waals surface area contributed by atoms with Crippen molar-refractivity contribution in [3.8, 4) is 0 Å². The molecule has 19 heavy (non-hydrogen) atoms. The molecule has 1 rings (SSSR count). The lowest BCUT2D eigenvalue weighted by Gasteiger charge is -2.12. The molecule has 0 amide bonds. The van der Waals surface area contributed by atoms with Gasteiger partial charge in [0, 0.05) is 17.4 Å². The average molecular weight is 318 g/mol. The lowest BCUT2D eigenvalue weighted by molar-refractivity contribution is 0.579. The molecule has 0 radical (unpaired) electrons. The van der Waals surface area contributed by atoms with E-state index in [-0.39, 0.29) is 9.88 Å². The Morgan fingerprint density at radius 2 is 2.11 bits per heavy atom. The third-order valence-electron chi connectivity index (χ3n) is 2.69. The highest BCUT2D eigenvalue weighted by molar-refractivity contribution is 7.99. The first-order valence-electron chi connectivity index (χ1n) is 5.79. The number of rotatable bonds is 7. The molecule has 0 heterocycles. The summed E-state index contributed by atoms with van der Waals surface area (Å²) < 4.78 is 27.0. The highest BCUT2D eigenvalue weighted by Crippen LogP contribution is 2.15. The smallest absolute Gasteiger partial charge is 0.241 e. The van der Waals surface area contributed by atoms with Crippen LogP contribution in [0.4, 0.5) is 0 Å². The molecule has 7 heteroatoms. The Morgan fingerprint density at radius 3 is 2.68 bits per heavy atom. The maximum atomic E-state index is 12.2. The summed E-state index contributed by atoms with van der Waals surface area (Å²) in [5.41, 5.74) is 5.92. The third-order valence-corrected chi connectivity index (χ3v) is 5.47. The Kier molecular flexibility index (Phi) is 6.25. The number of hydrogen-bond acceptors (Lipinski definition) is 4. The molecular weight excluding hydrogens is 300 g/mol. The second kappa shape index (κ2) is 7.23. The van der Waals surface area contributed by atoms with Crippen LogP contribution in [0, 0.1) is 0 Å². The van der Waals surface area contributed by atoms with Crippen LogP contribution in [-0.4, -0.2) is 31.5 Å². The normalized spacial score (nSPS) is 13.2. The van der Waals surface area contributed by atoms with Gasteiger partial charge in [0.05, 0.1) is 4.90 Å². The highest BCUT2D eigenvalue weighted by Gasteiger charge is 2.18. The minimum Gasteiger partial charge on any atom is -0.389 e. The van der Waals surface area contributed by atoms with E-state index in [1.807, 2.05) is 6.26 Å². The first-order chi connectivity index (χ1) is 8.88. The molecule has 1 atom stereocenters. The number of thioether (sulfide) groups is 1. The third kappa shape index (κ3) is 4.76. The fourth-order valence-electron chi connectivity index (χ4n) is 1.50. The number of nitrogens with one attached hydrogen (secondary N) is 1. The quantitative estimate of drug-likeness (QED) is 0.749. The molecule has 0 saturated heterocycles. The van der Waals surface area contributed by atoms with Crippen molar-refractivity contribution in [2.75, 3.05) is 12.8 Å². The summed E-state index contributed by atoms with van der Waals surface area (Å²) in [6, 6.07) is 6.49. The Balaban J connectivity index is 2.86. The van der Waals surface area contributed by atoms with E-state index in [2.05, 4.69) is 11.6 Å². The van der Waals surface area contributed by atoms with E-state index < -0.39 is 10.0 Å². The molecule has 106 valence electrons. The zero-order valence-corrected chi connectivity index (χ0v) is 13.4. The van der Waals surface area contributed by atoms with E-state index in [1.54, 1.807) is 30.0 Å². The maximum Gasteiger partial charge on any atom is 0.241 e. The van der Waals surface area contributed by atoms with Gasteiger partial charge in [-0.25, -0.2) is 13.1 Å². The first-order valence-corrected chi connectivity index (χ1v) is 8.97. The number of benzene rings is 1. The van der Waals surface area contributed by atoms with Gasteiger partial charge in [-0.1, -0.05) is 37.3 Å². The van der Waals surface area contributed by atoms with Crippen LogP contribution < -0.4 is 10.5 Å². The van der Waals surface area contributed by atoms with Crippen LogP contribution in [-0.2, 0) is 10.0 Å². The summed E-state index contributed by atoms with van der Waals surface area (Å²) in [4.78, 5) is 0.220. The maximum absolute atomic E-state index is 12.2. The summed E-state index contributed by atoms with van der Waals surface area (Å²) in [6.07, 6.45) is 2.77. The van der Waals surface area contributed by atoms with Crippen LogP contribution in [0.15, 0.2) is 29.2 Å². The molecule has 3 N–H and O–H groups in total. The number of sulfonamides is 1. The Labute approximate surface area is 124 Å². The van der Waals surface area contributed by atoms with E-state index >= 15 is 0 Å². The van der Waals surface area contributed by atoms with Gasteiger partial charge in [-0.3, -0.25) is 0 Å². The van der Waals surface area contributed by atoms with Crippen LogP contribution in [0.2, 0.25) is 0 Å². The summed E-state index contributed by atoms with van der Waals surface area (Å²) in [5.74, 6) is 0. The summed E-state index contributed by atoms with van der Waals surface area (Å²) in [5, 5.41) is 0.411. The largest absolute Gasteiger partial charge is 0.389 e. The lowest BCUT2D eigenvalue weighted by atomic mass is 10.2. The van der Waals surface area contributed by atoms with E-state index in [0.717, 1.165) is 6.42 Å². The van der Waals surface area contributed by atoms with E-state index in [1.165, 1.54) is 6.07 Å². The van der Waals surface area contributed by atoms with Gasteiger partial charge in [0.15, 0.2) is 0 Å². The van der Waals surface area contributed by atoms with Gasteiger partial charge in [-0.05, 0) is 18.7 Å². The van der Waals surface area contributed by atoms with Crippen molar-refractivity contribution in [1.82, 2.24) is 4.72 Å². The van der Waals surface area contributed by atoms with E-state index in [4.69, 9.17) is 18.0 Å². The van der Waals surface area contributed by atoms with Crippen molar-refractivity contribution >= 4 is 39.0 Å². The second-order valence-electron chi connectivity index (χ2n) is 4.09. The van der Waals surface area contributed by atoms with Gasteiger partial charge in [0.25, 0.3) is 0 Å². The second-order valence-corrected chi connectivity index (χ2v) is 7.54. The summed E-state index contributed by atoms with van der Waals surface area (Å²) >= 11 is 6.58. The molecule has 1 aromatic rings. The highest BCUT2D eigenvalue weighted by atomic mass is 32.2. The monoisotopic (exact) mass is 318 g/mol. The zero-order valence-electron chi connectivity index (χ0n) is 10.9. The van der Waals surface area contributed by atoms with Crippen molar-refractivity contribution in [2.45, 2.75) is 23.5 Å². The molecule has 0 aliphatic heterocycles. The average Bonchev–Trinajstić information content (AvgIpc) is 2.38. The van der Waals surface area contributed by atoms with Crippen molar-refractivity contribution < 1.29 is 8.42 Å². The van der Waals surface area contributed by atoms with Gasteiger partial charge in [-0.2, -0.15) is 11.8 Å². The Bertz CT molecular complexity index is 544. The molecular formula is C12H18N2O2S3. The van der Waals surface area contributed by atoms with Gasteiger partial charge in [0.1, 0.15) is 4.99 Å². The minimum atomic E-state index is -3.57. The summed E-state index contributed by atoms with van der Waals surface area (Å²) in [7, 11) is -3.57. The predicted molar refractivity (Wildman–Crippen MR) is 85.1 cm³/mol. The SMILES string of the molecule is CSC(C)CCNS(=O)(=O)c1ccccc1C(N)=S. The summed E-state index contributed by atoms with van der Waals surface area (Å²) in [6.45, 7) is 2.46. The van der Waals surface area contributed by atoms with Crippen molar-refractivity contribution in [3.05, 3.63) is 29.8 Å². The predicted octanol–water partition coefficient (Wildman–Crippen LogP) is 1.74. The van der Waals surface area contributed by atoms with E-state index in [9.17, 15) is 8.42 Å². The van der Waals surface area contributed by atoms with E-state index in [0.29, 0.717) is 17.4 Å². The molecule has 0 aliphatic rings. The van der Waals surface area contributed by atoms with Crippen LogP contribution in [0.25, 0.3) is 0 Å². The van der Waals surface area contributed by atoms with Crippen LogP contribution in [0.5, 0.6) is 0 Å². The number of nitrogens with two attached hydrogens (primary N) is 1. The molecule has 0 fully saturated rings. The van der Waals surface area contributed by atoms with Crippen LogP contribution in [0.1, 0.15) is 18.9 Å². The van der Waals surface area contributed by atoms with Gasteiger partial charge in [0.2, 0.25) is 10.0 Å². The molecule has 0 aliphatic carbocycles. The van der Waals surface area contributed by atoms with Gasteiger partial charge in [-0.15, -0.1) is 0 Å². The number of hydrogen-bond donors (Lipinski definition) is 2. The van der Waals surface area contributed by atoms with Gasteiger partial charge < -0.3 is 5.73 Å². The van der Waals surface area contributed by atoms with Crippen molar-refractivity contribution in [1.29, 1.82) is 0 Å². The molecule has 0 saturated carbocycles. The Hall–Kier alpha value is -0.630. The number of thiocarbonyl (C=S) groups is 1. The van der Waals surface area contributed by atoms with Crippen molar-refractivity contribution in [3.63, 3.8) is 0 Å². The first kappa shape index (κ1) is 16.4. The standard InChI is InChI=1S/C12H18N2O2S3/c1-9(18-2)7-8-14-19(15,16)11-6-4-3-5-10(11)12(13)17/h3-6,9,14H,7-8H2,1-2H3,(H2,13,17). The molecule has 4 nitrogen and oxygen atoms in total. The fourth-order valence-corrected chi connectivity index (χ4v) is 3.36. The zero-order chi connectivity index (χ0) is 14.5. The van der Waals surface area contributed by atoms with Crippen LogP contribution >= 0.6 is 24.0 Å². The topological polar surface area (TPSA) is 72.2 Å². The minimum absolute atomic E-state index is 0.0819. The van der Waals surface area contributed by atoms with Crippen LogP contribution in [0.3, 0.4) is 0 Å². The molecule has 0 bridgehead atoms. The molecule has 1 aromatic carbocycles. The molecule has 0 aromatic heterocycles.